The maximum absolute atomic E-state index is 10.9. The SMILES string of the molecule is COc1ccc(NCc2cc(Cl)ccc2[N+](=O)[O-])cc1. The number of nitro groups is 1. The molecule has 0 bridgehead atoms. The molecule has 5 nitrogen and oxygen atoms in total. The summed E-state index contributed by atoms with van der Waals surface area (Å²) < 4.78 is 5.06. The molecule has 0 fully saturated rings. The summed E-state index contributed by atoms with van der Waals surface area (Å²) in [4.78, 5) is 10.5. The van der Waals surface area contributed by atoms with Crippen LogP contribution in [-0.4, -0.2) is 12.0 Å². The van der Waals surface area contributed by atoms with Crippen molar-refractivity contribution in [2.75, 3.05) is 12.4 Å². The molecule has 0 aliphatic heterocycles. The minimum absolute atomic E-state index is 0.0513. The smallest absolute Gasteiger partial charge is 0.274 e. The summed E-state index contributed by atoms with van der Waals surface area (Å²) in [5.74, 6) is 0.754. The molecule has 0 saturated carbocycles. The number of halogens is 1. The zero-order chi connectivity index (χ0) is 14.5. The Balaban J connectivity index is 2.13. The van der Waals surface area contributed by atoms with Gasteiger partial charge in [0.1, 0.15) is 5.75 Å². The summed E-state index contributed by atoms with van der Waals surface area (Å²) in [6.45, 7) is 0.323. The molecule has 0 saturated heterocycles. The Bertz CT molecular complexity index is 614. The van der Waals surface area contributed by atoms with Gasteiger partial charge in [0.15, 0.2) is 0 Å². The van der Waals surface area contributed by atoms with Crippen molar-refractivity contribution in [2.24, 2.45) is 0 Å². The molecule has 104 valence electrons. The molecule has 0 aliphatic carbocycles. The van der Waals surface area contributed by atoms with E-state index in [4.69, 9.17) is 16.3 Å². The van der Waals surface area contributed by atoms with Crippen LogP contribution in [0.2, 0.25) is 5.02 Å². The quantitative estimate of drug-likeness (QED) is 0.671. The van der Waals surface area contributed by atoms with Crippen molar-refractivity contribution in [2.45, 2.75) is 6.54 Å². The van der Waals surface area contributed by atoms with Crippen molar-refractivity contribution in [1.82, 2.24) is 0 Å². The number of benzene rings is 2. The first-order valence-electron chi connectivity index (χ1n) is 5.91. The molecule has 20 heavy (non-hydrogen) atoms. The molecule has 0 amide bonds. The Labute approximate surface area is 121 Å². The zero-order valence-electron chi connectivity index (χ0n) is 10.8. The third-order valence-electron chi connectivity index (χ3n) is 2.81. The molecule has 0 aliphatic rings. The zero-order valence-corrected chi connectivity index (χ0v) is 11.6. The highest BCUT2D eigenvalue weighted by Crippen LogP contribution is 2.24. The molecule has 1 N–H and O–H groups in total. The van der Waals surface area contributed by atoms with Crippen LogP contribution in [0.25, 0.3) is 0 Å². The number of anilines is 1. The van der Waals surface area contributed by atoms with Gasteiger partial charge in [0, 0.05) is 23.3 Å². The van der Waals surface area contributed by atoms with E-state index in [0.29, 0.717) is 17.1 Å². The molecular formula is C14H13ClN2O3. The van der Waals surface area contributed by atoms with Crippen LogP contribution in [0.15, 0.2) is 42.5 Å². The van der Waals surface area contributed by atoms with Crippen molar-refractivity contribution < 1.29 is 9.66 Å². The van der Waals surface area contributed by atoms with Gasteiger partial charge in [-0.25, -0.2) is 0 Å². The van der Waals surface area contributed by atoms with Crippen LogP contribution in [-0.2, 0) is 6.54 Å². The third kappa shape index (κ3) is 3.39. The van der Waals surface area contributed by atoms with Gasteiger partial charge in [-0.05, 0) is 36.4 Å². The predicted molar refractivity (Wildman–Crippen MR) is 78.4 cm³/mol. The number of hydrogen-bond donors (Lipinski definition) is 1. The summed E-state index contributed by atoms with van der Waals surface area (Å²) in [7, 11) is 1.60. The van der Waals surface area contributed by atoms with Crippen LogP contribution in [0, 0.1) is 10.1 Å². The largest absolute Gasteiger partial charge is 0.497 e. The van der Waals surface area contributed by atoms with Gasteiger partial charge in [0.25, 0.3) is 5.69 Å². The van der Waals surface area contributed by atoms with Crippen molar-refractivity contribution in [1.29, 1.82) is 0 Å². The molecule has 2 aromatic rings. The summed E-state index contributed by atoms with van der Waals surface area (Å²) in [6, 6.07) is 11.8. The standard InChI is InChI=1S/C14H13ClN2O3/c1-20-13-5-3-12(4-6-13)16-9-10-8-11(15)2-7-14(10)17(18)19/h2-8,16H,9H2,1H3. The van der Waals surface area contributed by atoms with Gasteiger partial charge in [-0.3, -0.25) is 10.1 Å². The van der Waals surface area contributed by atoms with E-state index in [1.54, 1.807) is 13.2 Å². The Hall–Kier alpha value is -2.27. The summed E-state index contributed by atoms with van der Waals surface area (Å²) in [5.41, 5.74) is 1.44. The van der Waals surface area contributed by atoms with Crippen molar-refractivity contribution >= 4 is 23.0 Å². The minimum atomic E-state index is -0.415. The normalized spacial score (nSPS) is 10.1. The summed E-state index contributed by atoms with van der Waals surface area (Å²) in [6.07, 6.45) is 0. The van der Waals surface area contributed by atoms with E-state index >= 15 is 0 Å². The van der Waals surface area contributed by atoms with Gasteiger partial charge in [-0.15, -0.1) is 0 Å². The Morgan fingerprint density at radius 1 is 1.25 bits per heavy atom. The van der Waals surface area contributed by atoms with Crippen LogP contribution >= 0.6 is 11.6 Å². The summed E-state index contributed by atoms with van der Waals surface area (Å²) in [5, 5.41) is 14.5. The fourth-order valence-electron chi connectivity index (χ4n) is 1.78. The lowest BCUT2D eigenvalue weighted by atomic mass is 10.1. The van der Waals surface area contributed by atoms with E-state index in [2.05, 4.69) is 5.32 Å². The maximum Gasteiger partial charge on any atom is 0.274 e. The van der Waals surface area contributed by atoms with Crippen LogP contribution < -0.4 is 10.1 Å². The monoisotopic (exact) mass is 292 g/mol. The first kappa shape index (κ1) is 14.1. The van der Waals surface area contributed by atoms with E-state index in [9.17, 15) is 10.1 Å². The first-order valence-corrected chi connectivity index (χ1v) is 6.28. The minimum Gasteiger partial charge on any atom is -0.497 e. The molecule has 2 aromatic carbocycles. The molecule has 0 unspecified atom stereocenters. The van der Waals surface area contributed by atoms with Gasteiger partial charge in [-0.2, -0.15) is 0 Å². The van der Waals surface area contributed by atoms with Crippen LogP contribution in [0.1, 0.15) is 5.56 Å². The van der Waals surface area contributed by atoms with E-state index in [1.165, 1.54) is 12.1 Å². The van der Waals surface area contributed by atoms with Crippen LogP contribution in [0.4, 0.5) is 11.4 Å². The second-order valence-electron chi connectivity index (χ2n) is 4.11. The second-order valence-corrected chi connectivity index (χ2v) is 4.55. The molecule has 6 heteroatoms. The van der Waals surface area contributed by atoms with Crippen LogP contribution in [0.3, 0.4) is 0 Å². The molecular weight excluding hydrogens is 280 g/mol. The topological polar surface area (TPSA) is 64.4 Å². The third-order valence-corrected chi connectivity index (χ3v) is 3.05. The average molecular weight is 293 g/mol. The Morgan fingerprint density at radius 3 is 2.55 bits per heavy atom. The van der Waals surface area contributed by atoms with Gasteiger partial charge in [0.2, 0.25) is 0 Å². The van der Waals surface area contributed by atoms with Gasteiger partial charge in [0.05, 0.1) is 17.6 Å². The number of nitrogens with one attached hydrogen (secondary N) is 1. The lowest BCUT2D eigenvalue weighted by molar-refractivity contribution is -0.385. The fraction of sp³-hybridized carbons (Fsp3) is 0.143. The van der Waals surface area contributed by atoms with Crippen molar-refractivity contribution in [3.8, 4) is 5.75 Å². The Morgan fingerprint density at radius 2 is 1.95 bits per heavy atom. The first-order chi connectivity index (χ1) is 9.60. The highest BCUT2D eigenvalue weighted by molar-refractivity contribution is 6.30. The van der Waals surface area contributed by atoms with Crippen molar-refractivity contribution in [3.63, 3.8) is 0 Å². The van der Waals surface area contributed by atoms with Gasteiger partial charge in [-0.1, -0.05) is 11.6 Å². The number of ether oxygens (including phenoxy) is 1. The molecule has 0 aromatic heterocycles. The molecule has 2 rings (SSSR count). The number of hydrogen-bond acceptors (Lipinski definition) is 4. The van der Waals surface area contributed by atoms with Crippen LogP contribution in [0.5, 0.6) is 5.75 Å². The van der Waals surface area contributed by atoms with E-state index in [-0.39, 0.29) is 5.69 Å². The van der Waals surface area contributed by atoms with E-state index < -0.39 is 4.92 Å². The van der Waals surface area contributed by atoms with Gasteiger partial charge >= 0.3 is 0 Å². The highest BCUT2D eigenvalue weighted by Gasteiger charge is 2.13. The number of rotatable bonds is 5. The molecule has 0 spiro atoms. The highest BCUT2D eigenvalue weighted by atomic mass is 35.5. The van der Waals surface area contributed by atoms with E-state index in [1.807, 2.05) is 24.3 Å². The van der Waals surface area contributed by atoms with E-state index in [0.717, 1.165) is 11.4 Å². The fourth-order valence-corrected chi connectivity index (χ4v) is 1.97. The lowest BCUT2D eigenvalue weighted by Crippen LogP contribution is -2.03. The Kier molecular flexibility index (Phi) is 4.42. The van der Waals surface area contributed by atoms with Gasteiger partial charge < -0.3 is 10.1 Å². The maximum atomic E-state index is 10.9. The molecule has 0 atom stereocenters. The number of nitro benzene ring substituents is 1. The predicted octanol–water partition coefficient (Wildman–Crippen LogP) is 3.87. The lowest BCUT2D eigenvalue weighted by Gasteiger charge is -2.08. The average Bonchev–Trinajstić information content (AvgIpc) is 2.45. The van der Waals surface area contributed by atoms with Crippen molar-refractivity contribution in [3.05, 3.63) is 63.2 Å². The molecule has 0 heterocycles. The number of nitrogens with zero attached hydrogens (tertiary/aromatic N) is 1. The second kappa shape index (κ2) is 6.25. The molecule has 0 radical (unpaired) electrons. The summed E-state index contributed by atoms with van der Waals surface area (Å²) >= 11 is 5.88. The number of methoxy groups -OCH3 is 1.